The molecule has 0 fully saturated rings. The molecule has 0 unspecified atom stereocenters. The molecule has 0 atom stereocenters. The summed E-state index contributed by atoms with van der Waals surface area (Å²) in [5.74, 6) is 0. The molecule has 0 N–H and O–H groups in total. The molecule has 134 valence electrons. The minimum Gasteiger partial charge on any atom is -0.265 e. The predicted molar refractivity (Wildman–Crippen MR) is 106 cm³/mol. The van der Waals surface area contributed by atoms with Gasteiger partial charge in [-0.2, -0.15) is 0 Å². The van der Waals surface area contributed by atoms with Gasteiger partial charge in [-0.25, -0.2) is 9.97 Å². The number of hydrogen-bond acceptors (Lipinski definition) is 4. The van der Waals surface area contributed by atoms with E-state index in [1.165, 1.54) is 0 Å². The smallest absolute Gasteiger partial charge is 0.0894 e. The molecular weight excluding hydrogens is 421 g/mol. The van der Waals surface area contributed by atoms with Crippen molar-refractivity contribution in [2.75, 3.05) is 0 Å². The second-order valence-electron chi connectivity index (χ2n) is 5.25. The van der Waals surface area contributed by atoms with Gasteiger partial charge in [-0.05, 0) is 48.5 Å². The molecule has 0 aliphatic heterocycles. The first-order valence-corrected chi connectivity index (χ1v) is 8.25. The summed E-state index contributed by atoms with van der Waals surface area (Å²) in [5.41, 5.74) is 3.80. The van der Waals surface area contributed by atoms with Gasteiger partial charge in [0, 0.05) is 44.3 Å². The number of fused-ring (bicyclic) bond motifs is 2. The fourth-order valence-corrected chi connectivity index (χ4v) is 2.19. The van der Waals surface area contributed by atoms with Crippen LogP contribution in [0, 0.1) is 0 Å². The van der Waals surface area contributed by atoms with E-state index >= 15 is 0 Å². The molecule has 0 aliphatic rings. The van der Waals surface area contributed by atoms with Crippen LogP contribution in [0.3, 0.4) is 0 Å². The van der Waals surface area contributed by atoms with E-state index in [1.807, 2.05) is 84.9 Å². The molecule has 5 rings (SSSR count). The van der Waals surface area contributed by atoms with E-state index in [2.05, 4.69) is 19.9 Å². The average molecular weight is 439 g/mol. The molecule has 0 radical (unpaired) electrons. The monoisotopic (exact) mass is 440 g/mol. The Morgan fingerprint density at radius 2 is 0.667 bits per heavy atom. The average Bonchev–Trinajstić information content (AvgIpc) is 2.75. The summed E-state index contributed by atoms with van der Waals surface area (Å²) < 4.78 is 0. The minimum atomic E-state index is 0. The predicted octanol–water partition coefficient (Wildman–Crippen LogP) is 4.94. The van der Waals surface area contributed by atoms with E-state index in [-0.39, 0.29) is 19.5 Å². The van der Waals surface area contributed by atoms with Gasteiger partial charge in [-0.15, -0.1) is 0 Å². The fourth-order valence-electron chi connectivity index (χ4n) is 2.19. The summed E-state index contributed by atoms with van der Waals surface area (Å²) in [6.45, 7) is 0. The summed E-state index contributed by atoms with van der Waals surface area (Å²) in [6, 6.07) is 27.3. The number of aromatic nitrogens is 4. The van der Waals surface area contributed by atoms with Crippen molar-refractivity contribution in [1.29, 1.82) is 0 Å². The molecular formula is C22H18N4Ru. The van der Waals surface area contributed by atoms with Crippen LogP contribution >= 0.6 is 0 Å². The van der Waals surface area contributed by atoms with Crippen molar-refractivity contribution in [3.8, 4) is 0 Å². The van der Waals surface area contributed by atoms with Crippen LogP contribution in [0.5, 0.6) is 0 Å². The Morgan fingerprint density at radius 3 is 0.852 bits per heavy atom. The fraction of sp³-hybridized carbons (Fsp3) is 0. The molecule has 4 nitrogen and oxygen atoms in total. The van der Waals surface area contributed by atoms with Crippen molar-refractivity contribution in [2.24, 2.45) is 0 Å². The molecule has 3 aromatic heterocycles. The Bertz CT molecular complexity index is 851. The van der Waals surface area contributed by atoms with Gasteiger partial charge in [0.25, 0.3) is 0 Å². The van der Waals surface area contributed by atoms with E-state index < -0.39 is 0 Å². The normalized spacial score (nSPS) is 9.19. The van der Waals surface area contributed by atoms with Crippen LogP contribution in [0.15, 0.2) is 110 Å². The molecule has 0 saturated carbocycles. The van der Waals surface area contributed by atoms with Gasteiger partial charge in [0.05, 0.1) is 22.1 Å². The Hall–Kier alpha value is -3.04. The zero-order valence-electron chi connectivity index (χ0n) is 14.5. The van der Waals surface area contributed by atoms with Crippen LogP contribution in [0.25, 0.3) is 22.1 Å². The Labute approximate surface area is 171 Å². The zero-order valence-corrected chi connectivity index (χ0v) is 16.3. The quantitative estimate of drug-likeness (QED) is 0.253. The number of rotatable bonds is 0. The molecule has 3 heterocycles. The van der Waals surface area contributed by atoms with Gasteiger partial charge < -0.3 is 0 Å². The molecule has 0 bridgehead atoms. The van der Waals surface area contributed by atoms with Gasteiger partial charge in [-0.3, -0.25) is 9.97 Å². The Kier molecular flexibility index (Phi) is 8.68. The van der Waals surface area contributed by atoms with Crippen LogP contribution in [-0.2, 0) is 19.5 Å². The number of nitrogens with zero attached hydrogens (tertiary/aromatic N) is 4. The Morgan fingerprint density at radius 1 is 0.370 bits per heavy atom. The second kappa shape index (κ2) is 11.6. The third-order valence-electron chi connectivity index (χ3n) is 3.38. The second-order valence-corrected chi connectivity index (χ2v) is 5.25. The number of para-hydroxylation sites is 4. The molecule has 5 heteroatoms. The first-order chi connectivity index (χ1) is 12.9. The third kappa shape index (κ3) is 6.65. The van der Waals surface area contributed by atoms with Crippen molar-refractivity contribution in [1.82, 2.24) is 19.9 Å². The summed E-state index contributed by atoms with van der Waals surface area (Å²) >= 11 is 0. The van der Waals surface area contributed by atoms with Crippen LogP contribution in [0.2, 0.25) is 0 Å². The molecule has 2 aromatic carbocycles. The van der Waals surface area contributed by atoms with Crippen molar-refractivity contribution in [3.63, 3.8) is 0 Å². The SMILES string of the molecule is [Ru].c1ccc2nc3ccccc3nc2c1.c1ccncc1.c1ccncc1. The van der Waals surface area contributed by atoms with Crippen molar-refractivity contribution < 1.29 is 19.5 Å². The molecule has 27 heavy (non-hydrogen) atoms. The number of hydrogen-bond donors (Lipinski definition) is 0. The summed E-state index contributed by atoms with van der Waals surface area (Å²) in [7, 11) is 0. The van der Waals surface area contributed by atoms with Crippen molar-refractivity contribution >= 4 is 22.1 Å². The minimum absolute atomic E-state index is 0. The van der Waals surface area contributed by atoms with E-state index in [9.17, 15) is 0 Å². The van der Waals surface area contributed by atoms with E-state index in [4.69, 9.17) is 0 Å². The van der Waals surface area contributed by atoms with Crippen molar-refractivity contribution in [3.05, 3.63) is 110 Å². The van der Waals surface area contributed by atoms with Gasteiger partial charge in [0.2, 0.25) is 0 Å². The molecule has 0 saturated heterocycles. The zero-order chi connectivity index (χ0) is 17.9. The summed E-state index contributed by atoms with van der Waals surface area (Å²) in [4.78, 5) is 16.6. The van der Waals surface area contributed by atoms with Crippen LogP contribution in [-0.4, -0.2) is 19.9 Å². The van der Waals surface area contributed by atoms with Gasteiger partial charge in [0.15, 0.2) is 0 Å². The number of pyridine rings is 2. The van der Waals surface area contributed by atoms with Gasteiger partial charge in [0.1, 0.15) is 0 Å². The molecule has 5 aromatic rings. The summed E-state index contributed by atoms with van der Waals surface area (Å²) in [6.07, 6.45) is 7.00. The van der Waals surface area contributed by atoms with E-state index in [0.29, 0.717) is 0 Å². The summed E-state index contributed by atoms with van der Waals surface area (Å²) in [5, 5.41) is 0. The maximum Gasteiger partial charge on any atom is 0.0894 e. The molecule has 0 amide bonds. The van der Waals surface area contributed by atoms with Crippen molar-refractivity contribution in [2.45, 2.75) is 0 Å². The first kappa shape index (κ1) is 20.3. The maximum atomic E-state index is 4.52. The topological polar surface area (TPSA) is 51.6 Å². The van der Waals surface area contributed by atoms with Crippen LogP contribution in [0.1, 0.15) is 0 Å². The van der Waals surface area contributed by atoms with Gasteiger partial charge in [-0.1, -0.05) is 36.4 Å². The first-order valence-electron chi connectivity index (χ1n) is 8.25. The van der Waals surface area contributed by atoms with E-state index in [0.717, 1.165) is 22.1 Å². The Balaban J connectivity index is 0.000000168. The largest absolute Gasteiger partial charge is 0.265 e. The number of benzene rings is 2. The van der Waals surface area contributed by atoms with Gasteiger partial charge >= 0.3 is 0 Å². The molecule has 0 aliphatic carbocycles. The molecule has 0 spiro atoms. The maximum absolute atomic E-state index is 4.52. The third-order valence-corrected chi connectivity index (χ3v) is 3.38. The van der Waals surface area contributed by atoms with Crippen LogP contribution in [0.4, 0.5) is 0 Å². The van der Waals surface area contributed by atoms with E-state index in [1.54, 1.807) is 24.8 Å². The standard InChI is InChI=1S/C12H8N2.2C5H5N.Ru/c1-2-6-10-9(5-1)13-11-7-3-4-8-12(11)14-10;2*1-2-4-6-5-3-1;/h1-8H;2*1-5H;. The van der Waals surface area contributed by atoms with Crippen LogP contribution < -0.4 is 0 Å².